The van der Waals surface area contributed by atoms with E-state index in [4.69, 9.17) is 9.69 Å². The summed E-state index contributed by atoms with van der Waals surface area (Å²) in [4.78, 5) is 8.27. The number of nitrogens with zero attached hydrogens (tertiary/aromatic N) is 6. The molecule has 0 bridgehead atoms. The Hall–Kier alpha value is -0.439. The minimum atomic E-state index is -5.77. The fourth-order valence-corrected chi connectivity index (χ4v) is 3.10. The van der Waals surface area contributed by atoms with Crippen molar-refractivity contribution in [2.75, 3.05) is 5.75 Å². The first kappa shape index (κ1) is 29.6. The first-order valence-electron chi connectivity index (χ1n) is 7.57. The average molecular weight is 535 g/mol. The van der Waals surface area contributed by atoms with E-state index >= 15 is 0 Å². The van der Waals surface area contributed by atoms with Gasteiger partial charge in [0.1, 0.15) is 11.2 Å². The van der Waals surface area contributed by atoms with Crippen molar-refractivity contribution >= 4 is 32.6 Å². The normalized spacial score (nSPS) is 11.4. The van der Waals surface area contributed by atoms with Gasteiger partial charge in [-0.1, -0.05) is 11.9 Å². The summed E-state index contributed by atoms with van der Waals surface area (Å²) in [6, 6.07) is 0.596. The SMILES string of the molecule is CCSc1c(-c2nc3cc(C(F)(F)C(F)(F)F)nnc3n2C)n[c-]n1C.[Cl-].[Cl][Zn+].[Li+]. The molecule has 0 aliphatic rings. The second kappa shape index (κ2) is 11.4. The Morgan fingerprint density at radius 1 is 1.17 bits per heavy atom. The molecule has 6 nitrogen and oxygen atoms in total. The summed E-state index contributed by atoms with van der Waals surface area (Å²) in [5, 5.41) is 7.30. The number of imidazole rings is 2. The Morgan fingerprint density at radius 3 is 2.30 bits per heavy atom. The van der Waals surface area contributed by atoms with Gasteiger partial charge in [0.15, 0.2) is 5.65 Å². The average Bonchev–Trinajstić information content (AvgIpc) is 3.16. The minimum absolute atomic E-state index is 0. The summed E-state index contributed by atoms with van der Waals surface area (Å²) in [6.45, 7) is 1.94. The van der Waals surface area contributed by atoms with Crippen LogP contribution in [0.4, 0.5) is 22.0 Å². The number of thioether (sulfide) groups is 1. The summed E-state index contributed by atoms with van der Waals surface area (Å²) in [5.74, 6) is -4.10. The van der Waals surface area contributed by atoms with Gasteiger partial charge in [0.05, 0.1) is 5.82 Å². The number of halogens is 7. The number of fused-ring (bicyclic) bond motifs is 1. The van der Waals surface area contributed by atoms with Gasteiger partial charge < -0.3 is 26.5 Å². The quantitative estimate of drug-likeness (QED) is 0.168. The van der Waals surface area contributed by atoms with E-state index in [2.05, 4.69) is 26.5 Å². The van der Waals surface area contributed by atoms with Crippen LogP contribution in [0, 0.1) is 6.33 Å². The molecule has 0 spiro atoms. The van der Waals surface area contributed by atoms with Crippen molar-refractivity contribution in [3.05, 3.63) is 18.1 Å². The molecule has 0 amide bonds. The molecule has 3 aromatic rings. The van der Waals surface area contributed by atoms with E-state index in [1.54, 1.807) is 18.7 Å². The molecule has 3 heterocycles. The molecular weight excluding hydrogens is 522 g/mol. The van der Waals surface area contributed by atoms with Crippen molar-refractivity contribution in [1.29, 1.82) is 0 Å². The molecule has 16 heteroatoms. The molecule has 30 heavy (non-hydrogen) atoms. The maximum atomic E-state index is 13.5. The molecule has 0 fully saturated rings. The van der Waals surface area contributed by atoms with E-state index in [9.17, 15) is 22.0 Å². The monoisotopic (exact) mass is 532 g/mol. The predicted octanol–water partition coefficient (Wildman–Crippen LogP) is -1.97. The van der Waals surface area contributed by atoms with Gasteiger partial charge in [0.2, 0.25) is 0 Å². The summed E-state index contributed by atoms with van der Waals surface area (Å²) in [5.41, 5.74) is -1.13. The Bertz CT molecular complexity index is 984. The van der Waals surface area contributed by atoms with Gasteiger partial charge in [-0.05, 0) is 24.6 Å². The molecule has 0 aromatic carbocycles. The van der Waals surface area contributed by atoms with Crippen molar-refractivity contribution in [3.63, 3.8) is 0 Å². The van der Waals surface area contributed by atoms with E-state index in [1.807, 2.05) is 6.92 Å². The number of aromatic nitrogens is 6. The topological polar surface area (TPSA) is 61.4 Å². The second-order valence-corrected chi connectivity index (χ2v) is 6.62. The Labute approximate surface area is 205 Å². The summed E-state index contributed by atoms with van der Waals surface area (Å²) >= 11 is 2.32. The molecule has 3 rings (SSSR count). The Morgan fingerprint density at radius 2 is 1.77 bits per heavy atom. The first-order valence-corrected chi connectivity index (χ1v) is 12.5. The summed E-state index contributed by atoms with van der Waals surface area (Å²) in [6.07, 6.45) is -3.03. The zero-order valence-corrected chi connectivity index (χ0v) is 21.5. The van der Waals surface area contributed by atoms with Gasteiger partial charge in [-0.2, -0.15) is 33.7 Å². The second-order valence-electron chi connectivity index (χ2n) is 5.36. The third-order valence-electron chi connectivity index (χ3n) is 3.61. The number of hydrogen-bond donors (Lipinski definition) is 0. The number of hydrogen-bond acceptors (Lipinski definition) is 5. The maximum Gasteiger partial charge on any atom is 1.00 e. The predicted molar refractivity (Wildman–Crippen MR) is 89.5 cm³/mol. The number of alkyl halides is 5. The van der Waals surface area contributed by atoms with Crippen LogP contribution in [0.25, 0.3) is 22.7 Å². The Balaban J connectivity index is 0.00000204. The van der Waals surface area contributed by atoms with Gasteiger partial charge in [-0.3, -0.25) is 0 Å². The molecule has 0 aliphatic heterocycles. The largest absolute Gasteiger partial charge is 1.00 e. The van der Waals surface area contributed by atoms with Crippen LogP contribution in [0.2, 0.25) is 0 Å². The van der Waals surface area contributed by atoms with E-state index in [-0.39, 0.29) is 48.3 Å². The maximum absolute atomic E-state index is 13.5. The third-order valence-corrected chi connectivity index (χ3v) is 4.64. The molecule has 0 saturated carbocycles. The zero-order valence-electron chi connectivity index (χ0n) is 16.2. The van der Waals surface area contributed by atoms with Crippen LogP contribution in [0.15, 0.2) is 11.1 Å². The number of aryl methyl sites for hydroxylation is 2. The molecular formula is C14H12Cl2F5LiN6SZn. The molecule has 0 radical (unpaired) electrons. The van der Waals surface area contributed by atoms with Gasteiger partial charge in [0.25, 0.3) is 0 Å². The van der Waals surface area contributed by atoms with E-state index < -0.39 is 17.8 Å². The zero-order chi connectivity index (χ0) is 21.3. The smallest absolute Gasteiger partial charge is 1.00 e. The molecule has 0 aliphatic carbocycles. The van der Waals surface area contributed by atoms with Gasteiger partial charge >= 0.3 is 58.0 Å². The minimum Gasteiger partial charge on any atom is 1.00 e. The van der Waals surface area contributed by atoms with Gasteiger partial charge in [-0.25, -0.2) is 4.98 Å². The van der Waals surface area contributed by atoms with Crippen molar-refractivity contribution in [2.24, 2.45) is 14.1 Å². The molecule has 0 saturated heterocycles. The fraction of sp³-hybridized carbons (Fsp3) is 0.429. The third kappa shape index (κ3) is 5.48. The van der Waals surface area contributed by atoms with E-state index in [1.165, 1.54) is 16.3 Å². The summed E-state index contributed by atoms with van der Waals surface area (Å²) < 4.78 is 67.7. The van der Waals surface area contributed by atoms with Crippen LogP contribution in [0.1, 0.15) is 12.6 Å². The van der Waals surface area contributed by atoms with E-state index in [0.29, 0.717) is 11.8 Å². The van der Waals surface area contributed by atoms with Crippen LogP contribution in [0.3, 0.4) is 0 Å². The molecule has 0 N–H and O–H groups in total. The van der Waals surface area contributed by atoms with Crippen molar-refractivity contribution in [2.45, 2.75) is 24.0 Å². The number of rotatable bonds is 4. The molecule has 156 valence electrons. The van der Waals surface area contributed by atoms with Crippen molar-refractivity contribution in [3.8, 4) is 11.5 Å². The van der Waals surface area contributed by atoms with Crippen molar-refractivity contribution in [1.82, 2.24) is 29.3 Å². The molecule has 0 atom stereocenters. The van der Waals surface area contributed by atoms with Crippen LogP contribution in [-0.2, 0) is 37.3 Å². The van der Waals surface area contributed by atoms with Gasteiger partial charge in [0, 0.05) is 13.4 Å². The fourth-order valence-electron chi connectivity index (χ4n) is 2.32. The van der Waals surface area contributed by atoms with Gasteiger partial charge in [-0.15, -0.1) is 10.2 Å². The van der Waals surface area contributed by atoms with E-state index in [0.717, 1.165) is 28.1 Å². The molecule has 0 unspecified atom stereocenters. The standard InChI is InChI=1S/C14H12F5N6S.2ClH.Li.Zn/c1-4-26-12-9(20-6-24(12)2)11-21-7-5-8(13(15,16)14(17,18)19)22-23-10(7)25(11)3;;;;/h5H,4H2,1-3H3;2*1H;;/q-1;;;+1;+2/p-2. The van der Waals surface area contributed by atoms with Crippen LogP contribution in [-0.4, -0.2) is 41.2 Å². The van der Waals surface area contributed by atoms with Crippen LogP contribution < -0.4 is 31.3 Å². The van der Waals surface area contributed by atoms with Crippen LogP contribution >= 0.6 is 21.5 Å². The van der Waals surface area contributed by atoms with Crippen molar-refractivity contribution < 1.29 is 70.5 Å². The van der Waals surface area contributed by atoms with Crippen LogP contribution in [0.5, 0.6) is 0 Å². The Kier molecular flexibility index (Phi) is 11.3. The molecule has 3 aromatic heterocycles. The summed E-state index contributed by atoms with van der Waals surface area (Å²) in [7, 11) is 8.05. The first-order chi connectivity index (χ1) is 13.1.